The number of halogens is 2. The van der Waals surface area contributed by atoms with E-state index in [1.807, 2.05) is 0 Å². The SMILES string of the molecule is O=C(Nc1cccc2c1OCCO2)[C@@H]1CCCN1C(=O)c1cc(Cl)ccc1Cl. The number of carbonyl (C=O) groups excluding carboxylic acids is 2. The van der Waals surface area contributed by atoms with Crippen LogP contribution in [0.5, 0.6) is 11.5 Å². The predicted molar refractivity (Wildman–Crippen MR) is 107 cm³/mol. The average Bonchev–Trinajstić information content (AvgIpc) is 3.19. The lowest BCUT2D eigenvalue weighted by atomic mass is 10.1. The first kappa shape index (κ1) is 18.9. The second-order valence-corrected chi connectivity index (χ2v) is 7.44. The molecule has 8 heteroatoms. The first-order valence-electron chi connectivity index (χ1n) is 9.00. The molecule has 1 fully saturated rings. The van der Waals surface area contributed by atoms with Crippen LogP contribution in [-0.4, -0.2) is 42.5 Å². The fourth-order valence-electron chi connectivity index (χ4n) is 3.49. The first-order valence-corrected chi connectivity index (χ1v) is 9.75. The van der Waals surface area contributed by atoms with Crippen LogP contribution in [-0.2, 0) is 4.79 Å². The van der Waals surface area contributed by atoms with E-state index in [9.17, 15) is 9.59 Å². The topological polar surface area (TPSA) is 67.9 Å². The minimum absolute atomic E-state index is 0.272. The molecule has 1 saturated heterocycles. The highest BCUT2D eigenvalue weighted by molar-refractivity contribution is 6.35. The van der Waals surface area contributed by atoms with E-state index in [-0.39, 0.29) is 11.8 Å². The maximum Gasteiger partial charge on any atom is 0.256 e. The van der Waals surface area contributed by atoms with Gasteiger partial charge < -0.3 is 19.7 Å². The molecule has 2 heterocycles. The van der Waals surface area contributed by atoms with E-state index in [4.69, 9.17) is 32.7 Å². The van der Waals surface area contributed by atoms with Crippen LogP contribution in [0.1, 0.15) is 23.2 Å². The number of anilines is 1. The van der Waals surface area contributed by atoms with Crippen molar-refractivity contribution < 1.29 is 19.1 Å². The summed E-state index contributed by atoms with van der Waals surface area (Å²) in [4.78, 5) is 27.5. The molecule has 0 unspecified atom stereocenters. The van der Waals surface area contributed by atoms with Gasteiger partial charge in [-0.1, -0.05) is 29.3 Å². The minimum Gasteiger partial charge on any atom is -0.486 e. The van der Waals surface area contributed by atoms with E-state index in [1.54, 1.807) is 35.2 Å². The molecule has 0 aromatic heterocycles. The number of nitrogens with one attached hydrogen (secondary N) is 1. The summed E-state index contributed by atoms with van der Waals surface area (Å²) in [6, 6.07) is 9.45. The molecule has 4 rings (SSSR count). The minimum atomic E-state index is -0.595. The Morgan fingerprint density at radius 3 is 2.79 bits per heavy atom. The molecule has 2 aliphatic rings. The summed E-state index contributed by atoms with van der Waals surface area (Å²) in [5.74, 6) is 0.524. The van der Waals surface area contributed by atoms with E-state index in [2.05, 4.69) is 5.32 Å². The largest absolute Gasteiger partial charge is 0.486 e. The Morgan fingerprint density at radius 2 is 1.93 bits per heavy atom. The van der Waals surface area contributed by atoms with Crippen LogP contribution in [0, 0.1) is 0 Å². The van der Waals surface area contributed by atoms with Crippen LogP contribution in [0.2, 0.25) is 10.0 Å². The van der Waals surface area contributed by atoms with Crippen LogP contribution in [0.4, 0.5) is 5.69 Å². The van der Waals surface area contributed by atoms with Crippen molar-refractivity contribution in [2.45, 2.75) is 18.9 Å². The molecule has 0 saturated carbocycles. The maximum absolute atomic E-state index is 13.0. The van der Waals surface area contributed by atoms with Gasteiger partial charge in [-0.3, -0.25) is 9.59 Å². The number of rotatable bonds is 3. The average molecular weight is 421 g/mol. The molecule has 2 aromatic rings. The fourth-order valence-corrected chi connectivity index (χ4v) is 3.86. The second-order valence-electron chi connectivity index (χ2n) is 6.60. The number of ether oxygens (including phenoxy) is 2. The third kappa shape index (κ3) is 3.62. The lowest BCUT2D eigenvalue weighted by molar-refractivity contribution is -0.119. The maximum atomic E-state index is 13.0. The van der Waals surface area contributed by atoms with E-state index < -0.39 is 6.04 Å². The van der Waals surface area contributed by atoms with E-state index in [0.717, 1.165) is 6.42 Å². The summed E-state index contributed by atoms with van der Waals surface area (Å²) < 4.78 is 11.2. The van der Waals surface area contributed by atoms with Crippen LogP contribution in [0.15, 0.2) is 36.4 Å². The van der Waals surface area contributed by atoms with Crippen LogP contribution >= 0.6 is 23.2 Å². The van der Waals surface area contributed by atoms with Gasteiger partial charge in [0.1, 0.15) is 19.3 Å². The summed E-state index contributed by atoms with van der Waals surface area (Å²) in [6.07, 6.45) is 1.30. The Balaban J connectivity index is 1.54. The molecule has 1 atom stereocenters. The number of carbonyl (C=O) groups is 2. The Morgan fingerprint density at radius 1 is 1.11 bits per heavy atom. The molecule has 0 aliphatic carbocycles. The number of hydrogen-bond donors (Lipinski definition) is 1. The number of likely N-dealkylation sites (tertiary alicyclic amines) is 1. The molecule has 28 heavy (non-hydrogen) atoms. The molecule has 0 spiro atoms. The van der Waals surface area contributed by atoms with E-state index in [1.165, 1.54) is 6.07 Å². The molecule has 6 nitrogen and oxygen atoms in total. The fraction of sp³-hybridized carbons (Fsp3) is 0.300. The summed E-state index contributed by atoms with van der Waals surface area (Å²) >= 11 is 12.2. The van der Waals surface area contributed by atoms with E-state index in [0.29, 0.717) is 59.0 Å². The molecule has 1 N–H and O–H groups in total. The van der Waals surface area contributed by atoms with Crippen molar-refractivity contribution in [1.29, 1.82) is 0 Å². The Kier molecular flexibility index (Phi) is 5.33. The van der Waals surface area contributed by atoms with Gasteiger partial charge in [-0.25, -0.2) is 0 Å². The third-order valence-electron chi connectivity index (χ3n) is 4.80. The monoisotopic (exact) mass is 420 g/mol. The van der Waals surface area contributed by atoms with Crippen molar-refractivity contribution >= 4 is 40.7 Å². The van der Waals surface area contributed by atoms with Gasteiger partial charge in [-0.15, -0.1) is 0 Å². The Bertz CT molecular complexity index is 934. The Labute approximate surface area is 172 Å². The smallest absolute Gasteiger partial charge is 0.256 e. The molecular weight excluding hydrogens is 403 g/mol. The number of amides is 2. The zero-order valence-electron chi connectivity index (χ0n) is 14.9. The van der Waals surface area contributed by atoms with Gasteiger partial charge in [0, 0.05) is 11.6 Å². The van der Waals surface area contributed by atoms with Crippen molar-refractivity contribution in [1.82, 2.24) is 4.90 Å². The van der Waals surface area contributed by atoms with Gasteiger partial charge in [-0.2, -0.15) is 0 Å². The number of benzene rings is 2. The molecule has 0 bridgehead atoms. The van der Waals surface area contributed by atoms with Crippen molar-refractivity contribution in [3.8, 4) is 11.5 Å². The zero-order valence-corrected chi connectivity index (χ0v) is 16.4. The quantitative estimate of drug-likeness (QED) is 0.814. The molecule has 2 amide bonds. The van der Waals surface area contributed by atoms with Crippen molar-refractivity contribution in [3.63, 3.8) is 0 Å². The van der Waals surface area contributed by atoms with Gasteiger partial charge in [0.05, 0.1) is 16.3 Å². The van der Waals surface area contributed by atoms with Crippen molar-refractivity contribution in [3.05, 3.63) is 52.0 Å². The molecular formula is C20H18Cl2N2O4. The number of nitrogens with zero attached hydrogens (tertiary/aromatic N) is 1. The summed E-state index contributed by atoms with van der Waals surface area (Å²) in [6.45, 7) is 1.36. The van der Waals surface area contributed by atoms with Crippen LogP contribution in [0.25, 0.3) is 0 Å². The molecule has 2 aliphatic heterocycles. The summed E-state index contributed by atoms with van der Waals surface area (Å²) in [5.41, 5.74) is 0.824. The second kappa shape index (κ2) is 7.89. The number of para-hydroxylation sites is 1. The third-order valence-corrected chi connectivity index (χ3v) is 5.36. The number of fused-ring (bicyclic) bond motifs is 1. The first-order chi connectivity index (χ1) is 13.5. The Hall–Kier alpha value is -2.44. The van der Waals surface area contributed by atoms with Crippen molar-refractivity contribution in [2.75, 3.05) is 25.1 Å². The highest BCUT2D eigenvalue weighted by Gasteiger charge is 2.35. The predicted octanol–water partition coefficient (Wildman–Crippen LogP) is 4.01. The van der Waals surface area contributed by atoms with Gasteiger partial charge in [-0.05, 0) is 43.2 Å². The van der Waals surface area contributed by atoms with Gasteiger partial charge in [0.15, 0.2) is 11.5 Å². The highest BCUT2D eigenvalue weighted by atomic mass is 35.5. The summed E-state index contributed by atoms with van der Waals surface area (Å²) in [7, 11) is 0. The van der Waals surface area contributed by atoms with Gasteiger partial charge in [0.25, 0.3) is 5.91 Å². The van der Waals surface area contributed by atoms with Crippen molar-refractivity contribution in [2.24, 2.45) is 0 Å². The standard InChI is InChI=1S/C20H18Cl2N2O4/c21-12-6-7-14(22)13(11-12)20(26)24-8-2-4-16(24)19(25)23-15-3-1-5-17-18(15)28-10-9-27-17/h1,3,5-7,11,16H,2,4,8-10H2,(H,23,25)/t16-/m0/s1. The highest BCUT2D eigenvalue weighted by Crippen LogP contribution is 2.37. The van der Waals surface area contributed by atoms with Crippen LogP contribution in [0.3, 0.4) is 0 Å². The number of hydrogen-bond acceptors (Lipinski definition) is 4. The molecule has 146 valence electrons. The zero-order chi connectivity index (χ0) is 19.7. The lowest BCUT2D eigenvalue weighted by Gasteiger charge is -2.26. The summed E-state index contributed by atoms with van der Waals surface area (Å²) in [5, 5.41) is 3.60. The van der Waals surface area contributed by atoms with Gasteiger partial charge in [0.2, 0.25) is 5.91 Å². The lowest BCUT2D eigenvalue weighted by Crippen LogP contribution is -2.43. The van der Waals surface area contributed by atoms with E-state index >= 15 is 0 Å². The van der Waals surface area contributed by atoms with Crippen LogP contribution < -0.4 is 14.8 Å². The molecule has 2 aromatic carbocycles. The molecule has 0 radical (unpaired) electrons. The normalized spacial score (nSPS) is 18.1. The van der Waals surface area contributed by atoms with Gasteiger partial charge >= 0.3 is 0 Å².